The molecule has 5 nitrogen and oxygen atoms in total. The Bertz CT molecular complexity index is 414. The molecule has 0 unspecified atom stereocenters. The van der Waals surface area contributed by atoms with Crippen LogP contribution < -0.4 is 11.1 Å². The van der Waals surface area contributed by atoms with Gasteiger partial charge in [0.15, 0.2) is 0 Å². The van der Waals surface area contributed by atoms with Crippen LogP contribution in [-0.4, -0.2) is 34.9 Å². The van der Waals surface area contributed by atoms with Gasteiger partial charge in [0.25, 0.3) is 5.91 Å². The minimum absolute atomic E-state index is 0.337. The number of carbonyl (C=O) groups is 1. The summed E-state index contributed by atoms with van der Waals surface area (Å²) in [5.74, 6) is -0.361. The maximum absolute atomic E-state index is 12.0. The van der Waals surface area contributed by atoms with E-state index >= 15 is 0 Å². The number of hydrogen-bond acceptors (Lipinski definition) is 4. The van der Waals surface area contributed by atoms with E-state index in [0.717, 1.165) is 5.56 Å². The van der Waals surface area contributed by atoms with Gasteiger partial charge >= 0.3 is 0 Å². The van der Waals surface area contributed by atoms with Crippen molar-refractivity contribution in [3.8, 4) is 0 Å². The highest BCUT2D eigenvalue weighted by molar-refractivity contribution is 5.96. The monoisotopic (exact) mass is 238 g/mol. The van der Waals surface area contributed by atoms with E-state index in [1.54, 1.807) is 32.0 Å². The van der Waals surface area contributed by atoms with Crippen molar-refractivity contribution in [1.29, 1.82) is 0 Å². The second-order valence-electron chi connectivity index (χ2n) is 4.41. The minimum atomic E-state index is -1.03. The maximum atomic E-state index is 12.0. The van der Waals surface area contributed by atoms with Crippen molar-refractivity contribution >= 4 is 11.6 Å². The Kier molecular flexibility index (Phi) is 4.09. The van der Waals surface area contributed by atoms with Gasteiger partial charge < -0.3 is 21.3 Å². The van der Waals surface area contributed by atoms with Gasteiger partial charge in [-0.25, -0.2) is 0 Å². The molecule has 5 N–H and O–H groups in total. The number of aliphatic hydroxyl groups is 2. The van der Waals surface area contributed by atoms with Crippen molar-refractivity contribution in [3.63, 3.8) is 0 Å². The lowest BCUT2D eigenvalue weighted by Crippen LogP contribution is -2.51. The molecule has 94 valence electrons. The fourth-order valence-corrected chi connectivity index (χ4v) is 1.35. The van der Waals surface area contributed by atoms with E-state index in [1.165, 1.54) is 0 Å². The van der Waals surface area contributed by atoms with Crippen LogP contribution >= 0.6 is 0 Å². The molecule has 1 aromatic rings. The van der Waals surface area contributed by atoms with E-state index in [9.17, 15) is 4.79 Å². The molecule has 5 heteroatoms. The lowest BCUT2D eigenvalue weighted by molar-refractivity contribution is 0.0723. The quantitative estimate of drug-likeness (QED) is 0.557. The predicted octanol–water partition coefficient (Wildman–Crippen LogP) is 0.0503. The van der Waals surface area contributed by atoms with Crippen LogP contribution in [0.25, 0.3) is 0 Å². The number of nitrogens with one attached hydrogen (secondary N) is 1. The van der Waals surface area contributed by atoms with Crippen LogP contribution in [0.2, 0.25) is 0 Å². The normalized spacial score (nSPS) is 11.3. The summed E-state index contributed by atoms with van der Waals surface area (Å²) >= 11 is 0. The molecular weight excluding hydrogens is 220 g/mol. The molecule has 0 heterocycles. The van der Waals surface area contributed by atoms with Crippen LogP contribution in [0, 0.1) is 6.92 Å². The number of nitrogens with two attached hydrogens (primary N) is 1. The van der Waals surface area contributed by atoms with Crippen molar-refractivity contribution in [3.05, 3.63) is 29.3 Å². The van der Waals surface area contributed by atoms with E-state index in [1.807, 2.05) is 0 Å². The third kappa shape index (κ3) is 3.18. The number of benzene rings is 1. The van der Waals surface area contributed by atoms with Gasteiger partial charge in [0, 0.05) is 11.3 Å². The molecule has 17 heavy (non-hydrogen) atoms. The molecule has 0 aliphatic rings. The molecule has 1 amide bonds. The highest BCUT2D eigenvalue weighted by Gasteiger charge is 2.25. The number of carbonyl (C=O) groups excluding carboxylic acids is 1. The molecule has 0 saturated heterocycles. The molecule has 0 fully saturated rings. The summed E-state index contributed by atoms with van der Waals surface area (Å²) in [6.45, 7) is 2.68. The second kappa shape index (κ2) is 5.16. The van der Waals surface area contributed by atoms with Crippen molar-refractivity contribution in [2.75, 3.05) is 18.9 Å². The molecule has 0 aliphatic carbocycles. The Hall–Kier alpha value is -1.59. The number of aliphatic hydroxyl groups excluding tert-OH is 2. The molecule has 1 aromatic carbocycles. The number of nitrogen functional groups attached to an aromatic ring is 1. The molecule has 0 aliphatic heterocycles. The Balaban J connectivity index is 2.94. The number of aryl methyl sites for hydroxylation is 1. The van der Waals surface area contributed by atoms with E-state index in [0.29, 0.717) is 11.3 Å². The average Bonchev–Trinajstić information content (AvgIpc) is 2.32. The molecule has 0 aromatic heterocycles. The second-order valence-corrected chi connectivity index (χ2v) is 4.41. The van der Waals surface area contributed by atoms with Crippen molar-refractivity contribution in [1.82, 2.24) is 5.32 Å². The maximum Gasteiger partial charge on any atom is 0.252 e. The highest BCUT2D eigenvalue weighted by atomic mass is 16.3. The molecule has 0 bridgehead atoms. The fraction of sp³-hybridized carbons (Fsp3) is 0.417. The topological polar surface area (TPSA) is 95.6 Å². The third-order valence-electron chi connectivity index (χ3n) is 2.62. The summed E-state index contributed by atoms with van der Waals surface area (Å²) in [4.78, 5) is 12.0. The van der Waals surface area contributed by atoms with Gasteiger partial charge in [0.05, 0.1) is 18.8 Å². The Morgan fingerprint density at radius 3 is 2.53 bits per heavy atom. The largest absolute Gasteiger partial charge is 0.399 e. The Morgan fingerprint density at radius 2 is 2.00 bits per heavy atom. The van der Waals surface area contributed by atoms with Gasteiger partial charge in [0.2, 0.25) is 0 Å². The fourth-order valence-electron chi connectivity index (χ4n) is 1.35. The first-order valence-corrected chi connectivity index (χ1v) is 5.32. The van der Waals surface area contributed by atoms with Crippen molar-refractivity contribution < 1.29 is 15.0 Å². The lowest BCUT2D eigenvalue weighted by atomic mass is 10.0. The molecule has 1 rings (SSSR count). The van der Waals surface area contributed by atoms with Gasteiger partial charge in [-0.15, -0.1) is 0 Å². The van der Waals surface area contributed by atoms with Crippen LogP contribution in [0.3, 0.4) is 0 Å². The number of hydrogen-bond donors (Lipinski definition) is 4. The van der Waals surface area contributed by atoms with Gasteiger partial charge in [0.1, 0.15) is 0 Å². The van der Waals surface area contributed by atoms with Crippen molar-refractivity contribution in [2.45, 2.75) is 19.4 Å². The predicted molar refractivity (Wildman–Crippen MR) is 65.6 cm³/mol. The smallest absolute Gasteiger partial charge is 0.252 e. The SMILES string of the molecule is Cc1ccc(N)cc1C(=O)NC(C)(CO)CO. The zero-order valence-electron chi connectivity index (χ0n) is 10.0. The lowest BCUT2D eigenvalue weighted by Gasteiger charge is -2.26. The summed E-state index contributed by atoms with van der Waals surface area (Å²) < 4.78 is 0. The van der Waals surface area contributed by atoms with Crippen LogP contribution in [0.5, 0.6) is 0 Å². The van der Waals surface area contributed by atoms with Crippen molar-refractivity contribution in [2.24, 2.45) is 0 Å². The summed E-state index contributed by atoms with van der Waals surface area (Å²) in [6.07, 6.45) is 0. The van der Waals surface area contributed by atoms with Gasteiger partial charge in [-0.2, -0.15) is 0 Å². The number of amides is 1. The van der Waals surface area contributed by atoms with E-state index in [4.69, 9.17) is 15.9 Å². The van der Waals surface area contributed by atoms with E-state index in [2.05, 4.69) is 5.32 Å². The van der Waals surface area contributed by atoms with Gasteiger partial charge in [-0.3, -0.25) is 4.79 Å². The first-order valence-electron chi connectivity index (χ1n) is 5.32. The Labute approximate surface area is 100 Å². The van der Waals surface area contributed by atoms with Crippen LogP contribution in [0.15, 0.2) is 18.2 Å². The zero-order chi connectivity index (χ0) is 13.1. The molecule has 0 radical (unpaired) electrons. The van der Waals surface area contributed by atoms with Gasteiger partial charge in [-0.05, 0) is 31.5 Å². The zero-order valence-corrected chi connectivity index (χ0v) is 10.0. The first-order chi connectivity index (χ1) is 7.91. The van der Waals surface area contributed by atoms with E-state index < -0.39 is 5.54 Å². The average molecular weight is 238 g/mol. The minimum Gasteiger partial charge on any atom is -0.399 e. The van der Waals surface area contributed by atoms with Gasteiger partial charge in [-0.1, -0.05) is 6.07 Å². The Morgan fingerprint density at radius 1 is 1.41 bits per heavy atom. The van der Waals surface area contributed by atoms with Crippen LogP contribution in [0.4, 0.5) is 5.69 Å². The summed E-state index contributed by atoms with van der Waals surface area (Å²) in [5.41, 5.74) is 6.31. The third-order valence-corrected chi connectivity index (χ3v) is 2.62. The summed E-state index contributed by atoms with van der Waals surface area (Å²) in [7, 11) is 0. The molecular formula is C12H18N2O3. The van der Waals surface area contributed by atoms with Crippen LogP contribution in [0.1, 0.15) is 22.8 Å². The molecule has 0 atom stereocenters. The summed E-state index contributed by atoms with van der Waals surface area (Å²) in [6, 6.07) is 5.03. The summed E-state index contributed by atoms with van der Waals surface area (Å²) in [5, 5.41) is 20.8. The number of anilines is 1. The molecule has 0 saturated carbocycles. The highest BCUT2D eigenvalue weighted by Crippen LogP contribution is 2.14. The molecule has 0 spiro atoms. The standard InChI is InChI=1S/C12H18N2O3/c1-8-3-4-9(13)5-10(8)11(17)14-12(2,6-15)7-16/h3-5,15-16H,6-7,13H2,1-2H3,(H,14,17). The van der Waals surface area contributed by atoms with Crippen LogP contribution in [-0.2, 0) is 0 Å². The number of rotatable bonds is 4. The first kappa shape index (κ1) is 13.5. The van der Waals surface area contributed by atoms with E-state index in [-0.39, 0.29) is 19.1 Å².